The van der Waals surface area contributed by atoms with E-state index < -0.39 is 24.3 Å². The monoisotopic (exact) mass is 840 g/mol. The fourth-order valence-corrected chi connectivity index (χ4v) is 5.81. The second-order valence-electron chi connectivity index (χ2n) is 16.3. The van der Waals surface area contributed by atoms with Crippen molar-refractivity contribution in [1.29, 1.82) is 0 Å². The van der Waals surface area contributed by atoms with Crippen molar-refractivity contribution in [3.63, 3.8) is 0 Å². The Morgan fingerprint density at radius 2 is 0.950 bits per heavy atom. The average Bonchev–Trinajstić information content (AvgIpc) is 3.21. The van der Waals surface area contributed by atoms with Crippen LogP contribution in [0, 0.1) is 0 Å². The molecular formula is C51H85NO8. The number of esters is 2. The third-order valence-corrected chi connectivity index (χ3v) is 9.41. The van der Waals surface area contributed by atoms with Gasteiger partial charge in [0.15, 0.2) is 12.4 Å². The Bertz CT molecular complexity index is 1260. The second-order valence-corrected chi connectivity index (χ2v) is 16.3. The lowest BCUT2D eigenvalue weighted by Crippen LogP contribution is -2.44. The van der Waals surface area contributed by atoms with E-state index in [0.29, 0.717) is 17.4 Å². The van der Waals surface area contributed by atoms with Gasteiger partial charge < -0.3 is 33.3 Å². The van der Waals surface area contributed by atoms with Crippen molar-refractivity contribution in [3.8, 4) is 0 Å². The Kier molecular flexibility index (Phi) is 39.7. The minimum atomic E-state index is -1.62. The zero-order chi connectivity index (χ0) is 44.2. The molecule has 0 amide bonds. The van der Waals surface area contributed by atoms with Crippen LogP contribution in [-0.2, 0) is 33.3 Å². The van der Waals surface area contributed by atoms with E-state index in [-0.39, 0.29) is 38.6 Å². The largest absolute Gasteiger partial charge is 0.545 e. The van der Waals surface area contributed by atoms with Crippen LogP contribution in [0.5, 0.6) is 0 Å². The molecule has 0 rings (SSSR count). The maximum absolute atomic E-state index is 12.7. The Balaban J connectivity index is 4.22. The van der Waals surface area contributed by atoms with Crippen LogP contribution in [0.1, 0.15) is 162 Å². The molecule has 0 aliphatic carbocycles. The van der Waals surface area contributed by atoms with E-state index in [9.17, 15) is 19.5 Å². The number of rotatable bonds is 41. The van der Waals surface area contributed by atoms with Crippen LogP contribution >= 0.6 is 0 Å². The Morgan fingerprint density at radius 1 is 0.517 bits per heavy atom. The number of carbonyl (C=O) groups is 3. The summed E-state index contributed by atoms with van der Waals surface area (Å²) in [5.41, 5.74) is 0. The summed E-state index contributed by atoms with van der Waals surface area (Å²) in [5, 5.41) is 11.6. The first kappa shape index (κ1) is 56.5. The standard InChI is InChI=1S/C51H85NO8/c1-6-8-10-12-14-15-16-17-18-19-20-21-22-23-24-25-26-27-28-29-30-31-32-33-34-35-36-38-40-42-49(54)60-47(45-58-48(53)41-39-37-13-11-9-7-2)46-59-51(50(55)56)57-44-43-52(3,4)5/h8,10,14-15,17-18,20-21,23-24,26-27,29-30,47,51H,6-7,9,11-13,16,19,22,25,28,31-46H2,1-5H3/b10-8-,15-14-,18-17-,21-20-,24-23-,27-26-,30-29-. The number of carboxylic acid groups (broad SMARTS) is 1. The highest BCUT2D eigenvalue weighted by Crippen LogP contribution is 2.13. The first-order valence-electron chi connectivity index (χ1n) is 23.2. The number of unbranched alkanes of at least 4 members (excludes halogenated alkanes) is 12. The molecule has 60 heavy (non-hydrogen) atoms. The molecule has 342 valence electrons. The number of hydrogen-bond acceptors (Lipinski definition) is 8. The molecule has 2 unspecified atom stereocenters. The molecule has 0 aliphatic rings. The highest BCUT2D eigenvalue weighted by Gasteiger charge is 2.21. The lowest BCUT2D eigenvalue weighted by molar-refractivity contribution is -0.870. The molecule has 0 aromatic carbocycles. The van der Waals surface area contributed by atoms with Crippen LogP contribution in [-0.4, -0.2) is 82.3 Å². The zero-order valence-corrected chi connectivity index (χ0v) is 38.5. The van der Waals surface area contributed by atoms with Crippen LogP contribution in [0.25, 0.3) is 0 Å². The van der Waals surface area contributed by atoms with Crippen molar-refractivity contribution >= 4 is 17.9 Å². The molecule has 0 spiro atoms. The number of carbonyl (C=O) groups excluding carboxylic acids is 3. The van der Waals surface area contributed by atoms with Gasteiger partial charge in [0, 0.05) is 12.8 Å². The van der Waals surface area contributed by atoms with E-state index in [1.165, 1.54) is 25.7 Å². The van der Waals surface area contributed by atoms with E-state index in [4.69, 9.17) is 18.9 Å². The van der Waals surface area contributed by atoms with Gasteiger partial charge in [-0.05, 0) is 70.6 Å². The van der Waals surface area contributed by atoms with Gasteiger partial charge in [-0.15, -0.1) is 0 Å². The molecule has 0 bridgehead atoms. The molecule has 9 nitrogen and oxygen atoms in total. The molecule has 0 saturated carbocycles. The zero-order valence-electron chi connectivity index (χ0n) is 38.5. The summed E-state index contributed by atoms with van der Waals surface area (Å²) in [6.45, 7) is 4.51. The number of carboxylic acids is 1. The number of ether oxygens (including phenoxy) is 4. The smallest absolute Gasteiger partial charge is 0.306 e. The van der Waals surface area contributed by atoms with Crippen molar-refractivity contribution in [3.05, 3.63) is 85.1 Å². The highest BCUT2D eigenvalue weighted by atomic mass is 16.7. The Labute approximate surface area is 366 Å². The van der Waals surface area contributed by atoms with Gasteiger partial charge >= 0.3 is 11.9 Å². The third kappa shape index (κ3) is 42.6. The van der Waals surface area contributed by atoms with E-state index in [0.717, 1.165) is 103 Å². The lowest BCUT2D eigenvalue weighted by atomic mass is 10.1. The number of aliphatic carboxylic acids is 1. The van der Waals surface area contributed by atoms with Gasteiger partial charge in [0.1, 0.15) is 13.2 Å². The van der Waals surface area contributed by atoms with Gasteiger partial charge in [-0.2, -0.15) is 0 Å². The molecule has 0 aromatic rings. The van der Waals surface area contributed by atoms with Crippen LogP contribution < -0.4 is 5.11 Å². The first-order chi connectivity index (χ1) is 29.1. The van der Waals surface area contributed by atoms with Crippen molar-refractivity contribution in [1.82, 2.24) is 0 Å². The van der Waals surface area contributed by atoms with Crippen molar-refractivity contribution in [2.24, 2.45) is 0 Å². The summed E-state index contributed by atoms with van der Waals surface area (Å²) < 4.78 is 22.4. The molecule has 9 heteroatoms. The van der Waals surface area contributed by atoms with Crippen LogP contribution in [0.2, 0.25) is 0 Å². The number of nitrogens with zero attached hydrogens (tertiary/aromatic N) is 1. The summed E-state index contributed by atoms with van der Waals surface area (Å²) in [4.78, 5) is 36.7. The second kappa shape index (κ2) is 42.2. The number of likely N-dealkylation sites (N-methyl/N-ethyl adjacent to an activating group) is 1. The predicted octanol–water partition coefficient (Wildman–Crippen LogP) is 11.2. The fourth-order valence-electron chi connectivity index (χ4n) is 5.81. The summed E-state index contributed by atoms with van der Waals surface area (Å²) in [7, 11) is 5.89. The quantitative estimate of drug-likeness (QED) is 0.0197. The molecule has 2 atom stereocenters. The van der Waals surface area contributed by atoms with Gasteiger partial charge in [-0.1, -0.05) is 163 Å². The molecule has 0 aliphatic heterocycles. The lowest BCUT2D eigenvalue weighted by Gasteiger charge is -2.26. The van der Waals surface area contributed by atoms with Crippen LogP contribution in [0.4, 0.5) is 0 Å². The van der Waals surface area contributed by atoms with E-state index >= 15 is 0 Å². The first-order valence-corrected chi connectivity index (χ1v) is 23.2. The fraction of sp³-hybridized carbons (Fsp3) is 0.667. The van der Waals surface area contributed by atoms with Crippen LogP contribution in [0.15, 0.2) is 85.1 Å². The van der Waals surface area contributed by atoms with Gasteiger partial charge in [-0.25, -0.2) is 0 Å². The maximum atomic E-state index is 12.7. The number of hydrogen-bond donors (Lipinski definition) is 0. The summed E-state index contributed by atoms with van der Waals surface area (Å²) in [5.74, 6) is -2.32. The van der Waals surface area contributed by atoms with Crippen LogP contribution in [0.3, 0.4) is 0 Å². The van der Waals surface area contributed by atoms with Gasteiger partial charge in [0.05, 0.1) is 40.3 Å². The maximum Gasteiger partial charge on any atom is 0.306 e. The number of allylic oxidation sites excluding steroid dienone is 14. The SMILES string of the molecule is CC/C=C\C/C=C\C/C=C\C/C=C\C/C=C\C/C=C\C/C=C\CCCCCCCCCC(=O)OC(COC(=O)CCCCCCCC)COC(OCC[N+](C)(C)C)C(=O)[O-]. The Hall–Kier alpha value is -3.53. The summed E-state index contributed by atoms with van der Waals surface area (Å²) in [6.07, 6.45) is 50.8. The van der Waals surface area contributed by atoms with Gasteiger partial charge in [-0.3, -0.25) is 9.59 Å². The molecule has 0 fully saturated rings. The van der Waals surface area contributed by atoms with Crippen molar-refractivity contribution in [2.45, 2.75) is 174 Å². The van der Waals surface area contributed by atoms with E-state index in [2.05, 4.69) is 98.9 Å². The summed E-state index contributed by atoms with van der Waals surface area (Å²) in [6, 6.07) is 0. The highest BCUT2D eigenvalue weighted by molar-refractivity contribution is 5.70. The number of quaternary nitrogens is 1. The molecule has 0 radical (unpaired) electrons. The molecule has 0 saturated heterocycles. The molecule has 0 heterocycles. The average molecular weight is 840 g/mol. The summed E-state index contributed by atoms with van der Waals surface area (Å²) >= 11 is 0. The minimum absolute atomic E-state index is 0.141. The molecule has 0 aromatic heterocycles. The van der Waals surface area contributed by atoms with Gasteiger partial charge in [0.25, 0.3) is 0 Å². The van der Waals surface area contributed by atoms with Crippen molar-refractivity contribution in [2.75, 3.05) is 47.5 Å². The van der Waals surface area contributed by atoms with E-state index in [1.807, 2.05) is 21.1 Å². The third-order valence-electron chi connectivity index (χ3n) is 9.41. The van der Waals surface area contributed by atoms with Crippen molar-refractivity contribution < 1.29 is 42.9 Å². The molecular weight excluding hydrogens is 755 g/mol. The minimum Gasteiger partial charge on any atom is -0.545 e. The topological polar surface area (TPSA) is 111 Å². The van der Waals surface area contributed by atoms with E-state index in [1.54, 1.807) is 0 Å². The molecule has 0 N–H and O–H groups in total. The predicted molar refractivity (Wildman–Crippen MR) is 246 cm³/mol. The normalized spacial score (nSPS) is 13.7. The van der Waals surface area contributed by atoms with Gasteiger partial charge in [0.2, 0.25) is 0 Å². The Morgan fingerprint density at radius 3 is 1.42 bits per heavy atom.